The lowest BCUT2D eigenvalue weighted by Crippen LogP contribution is -2.01. The Morgan fingerprint density at radius 1 is 1.00 bits per heavy atom. The van der Waals surface area contributed by atoms with Crippen molar-refractivity contribution >= 4 is 17.4 Å². The lowest BCUT2D eigenvalue weighted by atomic mass is 10.2. The van der Waals surface area contributed by atoms with Crippen LogP contribution in [0.15, 0.2) is 60.0 Å². The van der Waals surface area contributed by atoms with Gasteiger partial charge in [0.1, 0.15) is 11.5 Å². The molecule has 0 unspecified atom stereocenters. The maximum atomic E-state index is 4.64. The number of benzene rings is 1. The number of para-hydroxylation sites is 1. The van der Waals surface area contributed by atoms with E-state index in [0.717, 1.165) is 33.8 Å². The third kappa shape index (κ3) is 2.69. The van der Waals surface area contributed by atoms with Crippen LogP contribution in [0, 0.1) is 13.8 Å². The first kappa shape index (κ1) is 15.0. The minimum atomic E-state index is 0.756. The molecule has 0 aliphatic carbocycles. The van der Waals surface area contributed by atoms with E-state index in [-0.39, 0.29) is 0 Å². The van der Waals surface area contributed by atoms with Crippen LogP contribution in [0.25, 0.3) is 11.3 Å². The molecule has 4 aromatic rings. The highest BCUT2D eigenvalue weighted by Gasteiger charge is 2.13. The third-order valence-electron chi connectivity index (χ3n) is 3.91. The van der Waals surface area contributed by atoms with E-state index in [0.29, 0.717) is 0 Å². The van der Waals surface area contributed by atoms with Crippen LogP contribution in [0.2, 0.25) is 0 Å². The third-order valence-corrected chi connectivity index (χ3v) is 4.88. The monoisotopic (exact) mass is 335 g/mol. The summed E-state index contributed by atoms with van der Waals surface area (Å²) in [5, 5.41) is 9.49. The zero-order valence-corrected chi connectivity index (χ0v) is 14.4. The fourth-order valence-electron chi connectivity index (χ4n) is 2.72. The molecule has 0 bridgehead atoms. The molecule has 0 saturated carbocycles. The summed E-state index contributed by atoms with van der Waals surface area (Å²) in [6.07, 6.45) is 4.07. The van der Waals surface area contributed by atoms with Crippen LogP contribution in [0.1, 0.15) is 17.1 Å². The quantitative estimate of drug-likeness (QED) is 0.532. The Bertz CT molecular complexity index is 968. The van der Waals surface area contributed by atoms with E-state index in [1.165, 1.54) is 5.56 Å². The molecule has 0 aliphatic heterocycles. The van der Waals surface area contributed by atoms with E-state index in [1.807, 2.05) is 47.9 Å². The zero-order valence-electron chi connectivity index (χ0n) is 13.5. The van der Waals surface area contributed by atoms with Gasteiger partial charge in [-0.3, -0.25) is 4.57 Å². The first-order valence-electron chi connectivity index (χ1n) is 7.76. The number of aromatic nitrogens is 5. The number of rotatable bonds is 4. The van der Waals surface area contributed by atoms with Crippen LogP contribution in [0.4, 0.5) is 0 Å². The van der Waals surface area contributed by atoms with Gasteiger partial charge in [-0.2, -0.15) is 0 Å². The van der Waals surface area contributed by atoms with Gasteiger partial charge in [0.25, 0.3) is 0 Å². The summed E-state index contributed by atoms with van der Waals surface area (Å²) in [6, 6.07) is 14.3. The molecule has 24 heavy (non-hydrogen) atoms. The van der Waals surface area contributed by atoms with Crippen LogP contribution in [0.3, 0.4) is 0 Å². The summed E-state index contributed by atoms with van der Waals surface area (Å²) < 4.78 is 4.14. The topological polar surface area (TPSA) is 48.0 Å². The van der Waals surface area contributed by atoms with Crippen molar-refractivity contribution in [1.29, 1.82) is 0 Å². The summed E-state index contributed by atoms with van der Waals surface area (Å²) >= 11 is 1.65. The molecule has 6 heteroatoms. The number of aryl methyl sites for hydroxylation is 2. The predicted molar refractivity (Wildman–Crippen MR) is 95.6 cm³/mol. The molecule has 1 aromatic carbocycles. The second-order valence-electron chi connectivity index (χ2n) is 5.64. The van der Waals surface area contributed by atoms with E-state index < -0.39 is 0 Å². The first-order valence-corrected chi connectivity index (χ1v) is 8.74. The molecule has 0 fully saturated rings. The van der Waals surface area contributed by atoms with Crippen molar-refractivity contribution in [2.75, 3.05) is 0 Å². The molecule has 0 saturated heterocycles. The average Bonchev–Trinajstić information content (AvgIpc) is 3.16. The Morgan fingerprint density at radius 2 is 1.83 bits per heavy atom. The van der Waals surface area contributed by atoms with Gasteiger partial charge in [-0.15, -0.1) is 10.2 Å². The largest absolute Gasteiger partial charge is 0.307 e. The fraction of sp³-hybridized carbons (Fsp3) is 0.167. The molecular formula is C18H17N5S. The van der Waals surface area contributed by atoms with Crippen LogP contribution in [0.5, 0.6) is 0 Å². The molecule has 120 valence electrons. The van der Waals surface area contributed by atoms with Crippen molar-refractivity contribution in [2.24, 2.45) is 0 Å². The highest BCUT2D eigenvalue weighted by atomic mass is 32.2. The zero-order chi connectivity index (χ0) is 16.5. The number of hydrogen-bond acceptors (Lipinski definition) is 4. The summed E-state index contributed by atoms with van der Waals surface area (Å²) in [5.41, 5.74) is 4.32. The molecule has 0 radical (unpaired) electrons. The molecule has 4 rings (SSSR count). The number of pyridine rings is 1. The van der Waals surface area contributed by atoms with Gasteiger partial charge in [-0.05, 0) is 37.6 Å². The minimum Gasteiger partial charge on any atom is -0.307 e. The molecular weight excluding hydrogens is 318 g/mol. The molecule has 3 aromatic heterocycles. The Labute approximate surface area is 144 Å². The van der Waals surface area contributed by atoms with Gasteiger partial charge in [-0.1, -0.05) is 36.0 Å². The van der Waals surface area contributed by atoms with Gasteiger partial charge in [0.15, 0.2) is 5.16 Å². The molecule has 0 N–H and O–H groups in total. The van der Waals surface area contributed by atoms with Crippen molar-refractivity contribution in [3.63, 3.8) is 0 Å². The Kier molecular flexibility index (Phi) is 3.82. The number of imidazole rings is 1. The minimum absolute atomic E-state index is 0.756. The molecule has 5 nitrogen and oxygen atoms in total. The van der Waals surface area contributed by atoms with Crippen LogP contribution in [-0.4, -0.2) is 24.1 Å². The van der Waals surface area contributed by atoms with Crippen LogP contribution >= 0.6 is 11.8 Å². The van der Waals surface area contributed by atoms with Crippen molar-refractivity contribution in [1.82, 2.24) is 24.1 Å². The second-order valence-corrected chi connectivity index (χ2v) is 6.58. The molecule has 0 amide bonds. The summed E-state index contributed by atoms with van der Waals surface area (Å²) in [6.45, 7) is 4.08. The van der Waals surface area contributed by atoms with Crippen molar-refractivity contribution in [3.05, 3.63) is 71.9 Å². The number of fused-ring (bicyclic) bond motifs is 1. The van der Waals surface area contributed by atoms with Crippen molar-refractivity contribution in [2.45, 2.75) is 24.8 Å². The van der Waals surface area contributed by atoms with Gasteiger partial charge in [0.2, 0.25) is 0 Å². The van der Waals surface area contributed by atoms with E-state index in [9.17, 15) is 0 Å². The lowest BCUT2D eigenvalue weighted by Gasteiger charge is -2.10. The van der Waals surface area contributed by atoms with E-state index in [4.69, 9.17) is 0 Å². The van der Waals surface area contributed by atoms with Gasteiger partial charge >= 0.3 is 0 Å². The standard InChI is InChI=1S/C18H17N5S/c1-13-7-3-4-8-16(13)23-14(2)20-21-18(23)24-12-15-11-22-10-6-5-9-17(22)19-15/h3-11H,12H2,1-2H3. The van der Waals surface area contributed by atoms with E-state index in [2.05, 4.69) is 45.0 Å². The Morgan fingerprint density at radius 3 is 2.67 bits per heavy atom. The highest BCUT2D eigenvalue weighted by Crippen LogP contribution is 2.26. The Balaban J connectivity index is 1.63. The smallest absolute Gasteiger partial charge is 0.196 e. The summed E-state index contributed by atoms with van der Waals surface area (Å²) in [4.78, 5) is 4.64. The van der Waals surface area contributed by atoms with E-state index >= 15 is 0 Å². The number of thioether (sulfide) groups is 1. The maximum absolute atomic E-state index is 4.64. The average molecular weight is 335 g/mol. The molecule has 0 atom stereocenters. The fourth-order valence-corrected chi connectivity index (χ4v) is 3.60. The van der Waals surface area contributed by atoms with Crippen molar-refractivity contribution in [3.8, 4) is 5.69 Å². The molecule has 3 heterocycles. The van der Waals surface area contributed by atoms with Crippen molar-refractivity contribution < 1.29 is 0 Å². The van der Waals surface area contributed by atoms with Gasteiger partial charge in [-0.25, -0.2) is 4.98 Å². The maximum Gasteiger partial charge on any atom is 0.196 e. The predicted octanol–water partition coefficient (Wildman–Crippen LogP) is 3.82. The summed E-state index contributed by atoms with van der Waals surface area (Å²) in [7, 11) is 0. The highest BCUT2D eigenvalue weighted by molar-refractivity contribution is 7.98. The first-order chi connectivity index (χ1) is 11.7. The van der Waals surface area contributed by atoms with Crippen LogP contribution in [-0.2, 0) is 5.75 Å². The number of hydrogen-bond donors (Lipinski definition) is 0. The normalized spacial score (nSPS) is 11.2. The molecule has 0 spiro atoms. The second kappa shape index (κ2) is 6.13. The lowest BCUT2D eigenvalue weighted by molar-refractivity contribution is 0.861. The Hall–Kier alpha value is -2.60. The SMILES string of the molecule is Cc1ccccc1-n1c(C)nnc1SCc1cn2ccccc2n1. The summed E-state index contributed by atoms with van der Waals surface area (Å²) in [5.74, 6) is 1.65. The van der Waals surface area contributed by atoms with Gasteiger partial charge < -0.3 is 4.40 Å². The van der Waals surface area contributed by atoms with Gasteiger partial charge in [0, 0.05) is 18.1 Å². The van der Waals surface area contributed by atoms with E-state index in [1.54, 1.807) is 11.8 Å². The molecule has 0 aliphatic rings. The van der Waals surface area contributed by atoms with Crippen LogP contribution < -0.4 is 0 Å². The number of nitrogens with zero attached hydrogens (tertiary/aromatic N) is 5. The van der Waals surface area contributed by atoms with Gasteiger partial charge in [0.05, 0.1) is 11.4 Å².